The fourth-order valence-electron chi connectivity index (χ4n) is 3.57. The highest BCUT2D eigenvalue weighted by Gasteiger charge is 2.38. The van der Waals surface area contributed by atoms with Crippen molar-refractivity contribution in [3.8, 4) is 0 Å². The van der Waals surface area contributed by atoms with Crippen molar-refractivity contribution in [3.63, 3.8) is 0 Å². The van der Waals surface area contributed by atoms with E-state index in [4.69, 9.17) is 0 Å². The number of allylic oxidation sites excluding steroid dienone is 1. The van der Waals surface area contributed by atoms with Crippen molar-refractivity contribution in [2.45, 2.75) is 66.0 Å². The highest BCUT2D eigenvalue weighted by atomic mass is 16.2. The molecule has 144 valence electrons. The SMILES string of the molecule is C=N/C(NC1(C)CC1)=C(\C)C(C(=O)N1CCc2c(C)ncnc2C1)=C(C)C. The molecule has 1 amide bonds. The number of aryl methyl sites for hydroxylation is 1. The molecular weight excluding hydrogens is 338 g/mol. The maximum atomic E-state index is 13.4. The molecule has 1 aromatic heterocycles. The number of fused-ring (bicyclic) bond motifs is 1. The number of aliphatic imine (C=N–C) groups is 1. The minimum absolute atomic E-state index is 0.0262. The highest BCUT2D eigenvalue weighted by Crippen LogP contribution is 2.36. The lowest BCUT2D eigenvalue weighted by Crippen LogP contribution is -2.38. The van der Waals surface area contributed by atoms with Gasteiger partial charge < -0.3 is 10.2 Å². The summed E-state index contributed by atoms with van der Waals surface area (Å²) in [6.07, 6.45) is 4.59. The van der Waals surface area contributed by atoms with Gasteiger partial charge in [-0.1, -0.05) is 5.57 Å². The van der Waals surface area contributed by atoms with Crippen molar-refractivity contribution in [2.75, 3.05) is 6.54 Å². The molecule has 2 aliphatic rings. The molecule has 0 spiro atoms. The Bertz CT molecular complexity index is 844. The molecule has 6 nitrogen and oxygen atoms in total. The largest absolute Gasteiger partial charge is 0.365 e. The van der Waals surface area contributed by atoms with Crippen molar-refractivity contribution in [2.24, 2.45) is 4.99 Å². The zero-order valence-corrected chi connectivity index (χ0v) is 17.0. The molecular formula is C21H29N5O. The van der Waals surface area contributed by atoms with E-state index in [-0.39, 0.29) is 11.4 Å². The molecule has 0 bridgehead atoms. The zero-order valence-electron chi connectivity index (χ0n) is 17.0. The normalized spacial score (nSPS) is 18.2. The lowest BCUT2D eigenvalue weighted by atomic mass is 9.98. The van der Waals surface area contributed by atoms with Gasteiger partial charge in [0.2, 0.25) is 0 Å². The fraction of sp³-hybridized carbons (Fsp3) is 0.524. The van der Waals surface area contributed by atoms with Crippen molar-refractivity contribution >= 4 is 12.6 Å². The number of hydrogen-bond donors (Lipinski definition) is 1. The van der Waals surface area contributed by atoms with Crippen LogP contribution in [0.3, 0.4) is 0 Å². The van der Waals surface area contributed by atoms with Crippen LogP contribution in [0.15, 0.2) is 33.9 Å². The molecule has 1 N–H and O–H groups in total. The summed E-state index contributed by atoms with van der Waals surface area (Å²) in [5.41, 5.74) is 5.74. The van der Waals surface area contributed by atoms with Gasteiger partial charge in [-0.15, -0.1) is 0 Å². The van der Waals surface area contributed by atoms with Gasteiger partial charge in [-0.3, -0.25) is 4.79 Å². The van der Waals surface area contributed by atoms with Gasteiger partial charge in [0.1, 0.15) is 12.1 Å². The van der Waals surface area contributed by atoms with E-state index in [2.05, 4.69) is 33.9 Å². The van der Waals surface area contributed by atoms with E-state index in [1.807, 2.05) is 32.6 Å². The summed E-state index contributed by atoms with van der Waals surface area (Å²) in [5, 5.41) is 3.46. The second kappa shape index (κ2) is 7.25. The number of amides is 1. The summed E-state index contributed by atoms with van der Waals surface area (Å²) in [4.78, 5) is 28.1. The van der Waals surface area contributed by atoms with Crippen LogP contribution in [0.2, 0.25) is 0 Å². The average Bonchev–Trinajstić information content (AvgIpc) is 3.36. The van der Waals surface area contributed by atoms with E-state index in [0.29, 0.717) is 24.5 Å². The second-order valence-electron chi connectivity index (χ2n) is 8.05. The van der Waals surface area contributed by atoms with Gasteiger partial charge >= 0.3 is 0 Å². The van der Waals surface area contributed by atoms with Gasteiger partial charge in [0.25, 0.3) is 5.91 Å². The Kier molecular flexibility index (Phi) is 5.18. The third kappa shape index (κ3) is 3.94. The fourth-order valence-corrected chi connectivity index (χ4v) is 3.57. The first-order valence-electron chi connectivity index (χ1n) is 9.48. The maximum absolute atomic E-state index is 13.4. The summed E-state index contributed by atoms with van der Waals surface area (Å²) in [6, 6.07) is 0. The van der Waals surface area contributed by atoms with Crippen LogP contribution in [-0.4, -0.2) is 39.6 Å². The van der Waals surface area contributed by atoms with Gasteiger partial charge in [-0.2, -0.15) is 0 Å². The number of nitrogens with one attached hydrogen (secondary N) is 1. The van der Waals surface area contributed by atoms with E-state index in [1.165, 1.54) is 5.56 Å². The van der Waals surface area contributed by atoms with Crippen molar-refractivity contribution < 1.29 is 4.79 Å². The molecule has 1 saturated carbocycles. The Morgan fingerprint density at radius 1 is 1.30 bits per heavy atom. The van der Waals surface area contributed by atoms with Crippen LogP contribution in [0.4, 0.5) is 0 Å². The Labute approximate surface area is 161 Å². The smallest absolute Gasteiger partial charge is 0.254 e. The van der Waals surface area contributed by atoms with Crippen LogP contribution in [-0.2, 0) is 17.8 Å². The van der Waals surface area contributed by atoms with Gasteiger partial charge in [0, 0.05) is 28.9 Å². The van der Waals surface area contributed by atoms with Gasteiger partial charge in [-0.25, -0.2) is 15.0 Å². The lowest BCUT2D eigenvalue weighted by Gasteiger charge is -2.30. The third-order valence-electron chi connectivity index (χ3n) is 5.53. The molecule has 27 heavy (non-hydrogen) atoms. The molecule has 0 saturated heterocycles. The lowest BCUT2D eigenvalue weighted by molar-refractivity contribution is -0.127. The summed E-state index contributed by atoms with van der Waals surface area (Å²) in [6.45, 7) is 15.0. The first kappa shape index (κ1) is 19.3. The minimum Gasteiger partial charge on any atom is -0.365 e. The first-order chi connectivity index (χ1) is 12.8. The molecule has 2 heterocycles. The predicted octanol–water partition coefficient (Wildman–Crippen LogP) is 3.08. The number of carbonyl (C=O) groups is 1. The summed E-state index contributed by atoms with van der Waals surface area (Å²) >= 11 is 0. The molecule has 1 aliphatic carbocycles. The topological polar surface area (TPSA) is 70.5 Å². The molecule has 1 fully saturated rings. The maximum Gasteiger partial charge on any atom is 0.254 e. The third-order valence-corrected chi connectivity index (χ3v) is 5.53. The molecule has 1 aromatic rings. The summed E-state index contributed by atoms with van der Waals surface area (Å²) in [7, 11) is 0. The molecule has 0 radical (unpaired) electrons. The quantitative estimate of drug-likeness (QED) is 0.493. The Morgan fingerprint density at radius 3 is 2.59 bits per heavy atom. The van der Waals surface area contributed by atoms with Crippen molar-refractivity contribution in [1.82, 2.24) is 20.2 Å². The standard InChI is InChI=1S/C21H29N5O/c1-13(2)18(14(3)19(22-6)25-21(5)8-9-21)20(27)26-10-7-16-15(4)23-12-24-17(16)11-26/h12,25H,6-11H2,1-5H3/b19-14-. The highest BCUT2D eigenvalue weighted by molar-refractivity contribution is 5.98. The van der Waals surface area contributed by atoms with Crippen LogP contribution in [0.1, 0.15) is 57.5 Å². The van der Waals surface area contributed by atoms with Crippen LogP contribution in [0, 0.1) is 6.92 Å². The van der Waals surface area contributed by atoms with E-state index < -0.39 is 0 Å². The minimum atomic E-state index is 0.0262. The van der Waals surface area contributed by atoms with Crippen LogP contribution in [0.25, 0.3) is 0 Å². The van der Waals surface area contributed by atoms with E-state index in [9.17, 15) is 4.79 Å². The number of aromatic nitrogens is 2. The van der Waals surface area contributed by atoms with Gasteiger partial charge in [-0.05, 0) is 66.2 Å². The average molecular weight is 367 g/mol. The predicted molar refractivity (Wildman–Crippen MR) is 107 cm³/mol. The zero-order chi connectivity index (χ0) is 19.8. The number of carbonyl (C=O) groups excluding carboxylic acids is 1. The van der Waals surface area contributed by atoms with Crippen LogP contribution < -0.4 is 5.32 Å². The summed E-state index contributed by atoms with van der Waals surface area (Å²) in [5.74, 6) is 0.730. The van der Waals surface area contributed by atoms with Gasteiger partial charge in [0.15, 0.2) is 0 Å². The van der Waals surface area contributed by atoms with Gasteiger partial charge in [0.05, 0.1) is 12.2 Å². The Hall–Kier alpha value is -2.50. The molecule has 6 heteroatoms. The number of rotatable bonds is 5. The van der Waals surface area contributed by atoms with E-state index >= 15 is 0 Å². The summed E-state index contributed by atoms with van der Waals surface area (Å²) < 4.78 is 0. The number of nitrogens with zero attached hydrogens (tertiary/aromatic N) is 4. The molecule has 0 atom stereocenters. The van der Waals surface area contributed by atoms with Crippen molar-refractivity contribution in [1.29, 1.82) is 0 Å². The van der Waals surface area contributed by atoms with Crippen LogP contribution >= 0.6 is 0 Å². The van der Waals surface area contributed by atoms with E-state index in [1.54, 1.807) is 6.33 Å². The first-order valence-corrected chi connectivity index (χ1v) is 9.48. The van der Waals surface area contributed by atoms with Crippen molar-refractivity contribution in [3.05, 3.63) is 45.8 Å². The molecule has 1 aliphatic heterocycles. The number of hydrogen-bond acceptors (Lipinski definition) is 5. The van der Waals surface area contributed by atoms with E-state index in [0.717, 1.165) is 41.8 Å². The molecule has 3 rings (SSSR count). The Morgan fingerprint density at radius 2 is 2.00 bits per heavy atom. The monoisotopic (exact) mass is 367 g/mol. The second-order valence-corrected chi connectivity index (χ2v) is 8.05. The molecule has 0 unspecified atom stereocenters. The Balaban J connectivity index is 1.88. The molecule has 0 aromatic carbocycles. The van der Waals surface area contributed by atoms with Crippen LogP contribution in [0.5, 0.6) is 0 Å².